The number of hydrogen-bond acceptors (Lipinski definition) is 1. The third-order valence-corrected chi connectivity index (χ3v) is 4.03. The van der Waals surface area contributed by atoms with Crippen LogP contribution in [0.2, 0.25) is 0 Å². The normalized spacial score (nSPS) is 23.1. The molecule has 1 fully saturated rings. The third-order valence-electron chi connectivity index (χ3n) is 3.20. The van der Waals surface area contributed by atoms with Gasteiger partial charge in [0.1, 0.15) is 11.6 Å². The van der Waals surface area contributed by atoms with Gasteiger partial charge in [-0.15, -0.1) is 0 Å². The van der Waals surface area contributed by atoms with E-state index in [1.165, 1.54) is 0 Å². The molecule has 1 aromatic rings. The van der Waals surface area contributed by atoms with Crippen LogP contribution >= 0.6 is 15.9 Å². The molecule has 1 aliphatic rings. The van der Waals surface area contributed by atoms with Gasteiger partial charge in [-0.1, -0.05) is 15.9 Å². The molecule has 1 saturated carbocycles. The minimum atomic E-state index is -0.696. The summed E-state index contributed by atoms with van der Waals surface area (Å²) in [6, 6.07) is 2.89. The fourth-order valence-electron chi connectivity index (χ4n) is 2.20. The lowest BCUT2D eigenvalue weighted by molar-refractivity contribution is 0.0943. The van der Waals surface area contributed by atoms with Crippen molar-refractivity contribution in [3.8, 4) is 0 Å². The quantitative estimate of drug-likeness (QED) is 0.852. The first-order chi connectivity index (χ1) is 8.56. The van der Waals surface area contributed by atoms with Gasteiger partial charge >= 0.3 is 0 Å². The molecule has 1 aromatic carbocycles. The van der Waals surface area contributed by atoms with E-state index in [9.17, 15) is 13.6 Å². The topological polar surface area (TPSA) is 29.1 Å². The van der Waals surface area contributed by atoms with E-state index in [2.05, 4.69) is 21.2 Å². The van der Waals surface area contributed by atoms with Gasteiger partial charge in [-0.05, 0) is 43.4 Å². The molecule has 5 heteroatoms. The van der Waals surface area contributed by atoms with E-state index in [4.69, 9.17) is 0 Å². The Morgan fingerprint density at radius 3 is 2.83 bits per heavy atom. The van der Waals surface area contributed by atoms with Crippen LogP contribution in [0.5, 0.6) is 0 Å². The summed E-state index contributed by atoms with van der Waals surface area (Å²) >= 11 is 3.53. The van der Waals surface area contributed by atoms with Crippen molar-refractivity contribution in [3.05, 3.63) is 35.4 Å². The first-order valence-electron chi connectivity index (χ1n) is 5.93. The molecular formula is C13H14BrF2NO. The zero-order chi connectivity index (χ0) is 13.1. The predicted octanol–water partition coefficient (Wildman–Crippen LogP) is 3.26. The van der Waals surface area contributed by atoms with Crippen molar-refractivity contribution in [2.45, 2.75) is 24.1 Å². The number of carbonyl (C=O) groups excluding carboxylic acids is 1. The number of halogens is 3. The molecule has 98 valence electrons. The van der Waals surface area contributed by atoms with Crippen molar-refractivity contribution in [2.24, 2.45) is 5.92 Å². The maximum atomic E-state index is 13.3. The Morgan fingerprint density at radius 2 is 2.17 bits per heavy atom. The van der Waals surface area contributed by atoms with Gasteiger partial charge in [0.05, 0.1) is 5.56 Å². The smallest absolute Gasteiger partial charge is 0.254 e. The average Bonchev–Trinajstić information content (AvgIpc) is 2.75. The number of amides is 1. The van der Waals surface area contributed by atoms with Gasteiger partial charge in [0.2, 0.25) is 0 Å². The molecule has 1 N–H and O–H groups in total. The molecule has 2 atom stereocenters. The number of alkyl halides is 1. The van der Waals surface area contributed by atoms with Crippen LogP contribution in [0.3, 0.4) is 0 Å². The molecule has 0 heterocycles. The average molecular weight is 318 g/mol. The molecule has 1 aliphatic carbocycles. The fraction of sp³-hybridized carbons (Fsp3) is 0.462. The Morgan fingerprint density at radius 1 is 1.39 bits per heavy atom. The highest BCUT2D eigenvalue weighted by Gasteiger charge is 2.23. The van der Waals surface area contributed by atoms with E-state index in [1.54, 1.807) is 0 Å². The summed E-state index contributed by atoms with van der Waals surface area (Å²) < 4.78 is 26.3. The monoisotopic (exact) mass is 317 g/mol. The van der Waals surface area contributed by atoms with Crippen LogP contribution in [-0.4, -0.2) is 17.3 Å². The summed E-state index contributed by atoms with van der Waals surface area (Å²) in [6.07, 6.45) is 3.14. The van der Waals surface area contributed by atoms with E-state index < -0.39 is 17.5 Å². The molecule has 1 amide bonds. The predicted molar refractivity (Wildman–Crippen MR) is 68.7 cm³/mol. The minimum Gasteiger partial charge on any atom is -0.352 e. The highest BCUT2D eigenvalue weighted by molar-refractivity contribution is 9.09. The van der Waals surface area contributed by atoms with Crippen LogP contribution in [0, 0.1) is 17.6 Å². The van der Waals surface area contributed by atoms with Crippen LogP contribution in [-0.2, 0) is 0 Å². The van der Waals surface area contributed by atoms with Crippen LogP contribution < -0.4 is 5.32 Å². The summed E-state index contributed by atoms with van der Waals surface area (Å²) in [5.41, 5.74) is -0.233. The standard InChI is InChI=1S/C13H14BrF2NO/c14-9-2-1-8(5-9)7-17-13(18)11-6-10(15)3-4-12(11)16/h3-4,6,8-9H,1-2,5,7H2,(H,17,18). The van der Waals surface area contributed by atoms with Crippen molar-refractivity contribution in [3.63, 3.8) is 0 Å². The van der Waals surface area contributed by atoms with Crippen LogP contribution in [0.1, 0.15) is 29.6 Å². The maximum absolute atomic E-state index is 13.3. The fourth-order valence-corrected chi connectivity index (χ4v) is 3.00. The Labute approximate surface area is 113 Å². The zero-order valence-corrected chi connectivity index (χ0v) is 11.3. The minimum absolute atomic E-state index is 0.233. The number of nitrogens with one attached hydrogen (secondary N) is 1. The summed E-state index contributed by atoms with van der Waals surface area (Å²) in [5, 5.41) is 2.66. The number of carbonyl (C=O) groups is 1. The van der Waals surface area contributed by atoms with Crippen LogP contribution in [0.25, 0.3) is 0 Å². The van der Waals surface area contributed by atoms with Gasteiger partial charge in [-0.25, -0.2) is 8.78 Å². The zero-order valence-electron chi connectivity index (χ0n) is 9.76. The molecule has 0 bridgehead atoms. The van der Waals surface area contributed by atoms with E-state index in [0.29, 0.717) is 17.3 Å². The van der Waals surface area contributed by atoms with Gasteiger partial charge < -0.3 is 5.32 Å². The second-order valence-electron chi connectivity index (χ2n) is 4.61. The summed E-state index contributed by atoms with van der Waals surface area (Å²) in [5.74, 6) is -1.44. The molecule has 0 aliphatic heterocycles. The van der Waals surface area contributed by atoms with Crippen molar-refractivity contribution in [1.82, 2.24) is 5.32 Å². The molecule has 0 spiro atoms. The number of benzene rings is 1. The lowest BCUT2D eigenvalue weighted by Gasteiger charge is -2.11. The second-order valence-corrected chi connectivity index (χ2v) is 5.91. The van der Waals surface area contributed by atoms with Gasteiger partial charge in [0, 0.05) is 11.4 Å². The lowest BCUT2D eigenvalue weighted by atomic mass is 10.1. The molecule has 0 saturated heterocycles. The maximum Gasteiger partial charge on any atom is 0.254 e. The van der Waals surface area contributed by atoms with Crippen LogP contribution in [0.4, 0.5) is 8.78 Å². The molecule has 0 radical (unpaired) electrons. The Bertz CT molecular complexity index is 453. The molecule has 0 aromatic heterocycles. The van der Waals surface area contributed by atoms with E-state index in [0.717, 1.165) is 37.5 Å². The number of rotatable bonds is 3. The summed E-state index contributed by atoms with van der Waals surface area (Å²) in [7, 11) is 0. The Hall–Kier alpha value is -0.970. The number of hydrogen-bond donors (Lipinski definition) is 1. The van der Waals surface area contributed by atoms with Crippen molar-refractivity contribution < 1.29 is 13.6 Å². The third kappa shape index (κ3) is 3.28. The van der Waals surface area contributed by atoms with Gasteiger partial charge in [-0.2, -0.15) is 0 Å². The Balaban J connectivity index is 1.93. The summed E-state index contributed by atoms with van der Waals surface area (Å²) in [4.78, 5) is 12.2. The van der Waals surface area contributed by atoms with Gasteiger partial charge in [0.15, 0.2) is 0 Å². The molecule has 2 unspecified atom stereocenters. The largest absolute Gasteiger partial charge is 0.352 e. The first-order valence-corrected chi connectivity index (χ1v) is 6.85. The van der Waals surface area contributed by atoms with E-state index in [-0.39, 0.29) is 5.56 Å². The SMILES string of the molecule is O=C(NCC1CCC(Br)C1)c1cc(F)ccc1F. The first kappa shape index (κ1) is 13.5. The Kier molecular flexibility index (Phi) is 4.32. The highest BCUT2D eigenvalue weighted by Crippen LogP contribution is 2.30. The van der Waals surface area contributed by atoms with Crippen molar-refractivity contribution in [2.75, 3.05) is 6.54 Å². The lowest BCUT2D eigenvalue weighted by Crippen LogP contribution is -2.29. The molecule has 2 rings (SSSR count). The van der Waals surface area contributed by atoms with Gasteiger partial charge in [-0.3, -0.25) is 4.79 Å². The van der Waals surface area contributed by atoms with Crippen molar-refractivity contribution >= 4 is 21.8 Å². The van der Waals surface area contributed by atoms with E-state index >= 15 is 0 Å². The second kappa shape index (κ2) is 5.78. The molecule has 2 nitrogen and oxygen atoms in total. The van der Waals surface area contributed by atoms with Gasteiger partial charge in [0.25, 0.3) is 5.91 Å². The molecule has 18 heavy (non-hydrogen) atoms. The van der Waals surface area contributed by atoms with Crippen molar-refractivity contribution in [1.29, 1.82) is 0 Å². The van der Waals surface area contributed by atoms with Crippen LogP contribution in [0.15, 0.2) is 18.2 Å². The molecular weight excluding hydrogens is 304 g/mol. The van der Waals surface area contributed by atoms with E-state index in [1.807, 2.05) is 0 Å². The summed E-state index contributed by atoms with van der Waals surface area (Å²) in [6.45, 7) is 0.511. The highest BCUT2D eigenvalue weighted by atomic mass is 79.9.